The Labute approximate surface area is 104 Å². The number of nitrogens with one attached hydrogen (secondary N) is 1. The number of aliphatic carboxylic acids is 1. The topological polar surface area (TPSA) is 119 Å². The smallest absolute Gasteiger partial charge is 0.326 e. The van der Waals surface area contributed by atoms with Crippen molar-refractivity contribution in [2.75, 3.05) is 33.0 Å². The molecule has 8 nitrogen and oxygen atoms in total. The lowest BCUT2D eigenvalue weighted by Crippen LogP contribution is -2.56. The summed E-state index contributed by atoms with van der Waals surface area (Å²) in [6.07, 6.45) is -0.0603. The second kappa shape index (κ2) is 7.14. The van der Waals surface area contributed by atoms with Crippen molar-refractivity contribution in [2.24, 2.45) is 0 Å². The average Bonchev–Trinajstić information content (AvgIpc) is 2.37. The Kier molecular flexibility index (Phi) is 5.83. The Balaban J connectivity index is 2.58. The average molecular weight is 262 g/mol. The molecule has 2 amide bonds. The first-order valence-corrected chi connectivity index (χ1v) is 5.69. The molecule has 0 bridgehead atoms. The molecular weight excluding hydrogens is 244 g/mol. The van der Waals surface area contributed by atoms with Gasteiger partial charge in [0.1, 0.15) is 6.04 Å². The van der Waals surface area contributed by atoms with Crippen LogP contribution in [0.4, 0.5) is 4.79 Å². The normalized spacial score (nSPS) is 21.4. The van der Waals surface area contributed by atoms with Crippen LogP contribution >= 0.6 is 0 Å². The highest BCUT2D eigenvalue weighted by Gasteiger charge is 2.29. The van der Waals surface area contributed by atoms with Crippen LogP contribution in [0.3, 0.4) is 0 Å². The van der Waals surface area contributed by atoms with Crippen LogP contribution in [-0.4, -0.2) is 77.3 Å². The third-order valence-electron chi connectivity index (χ3n) is 2.71. The standard InChI is InChI=1S/C10H18N2O6/c13-3-1-8(9(15)16)11-10(17)12-2-4-18-6-7(12)5-14/h7-8,13-14H,1-6H2,(H,11,17)(H,15,16)/t7?,8-/m1/s1. The number of ether oxygens (including phenoxy) is 1. The zero-order valence-corrected chi connectivity index (χ0v) is 9.91. The van der Waals surface area contributed by atoms with Crippen LogP contribution in [0.5, 0.6) is 0 Å². The molecule has 0 radical (unpaired) electrons. The number of carboxylic acids is 1. The van der Waals surface area contributed by atoms with E-state index in [0.717, 1.165) is 0 Å². The molecule has 1 aliphatic rings. The van der Waals surface area contributed by atoms with Crippen LogP contribution in [0.25, 0.3) is 0 Å². The lowest BCUT2D eigenvalue weighted by atomic mass is 10.2. The Morgan fingerprint density at radius 2 is 2.17 bits per heavy atom. The number of aliphatic hydroxyl groups is 2. The van der Waals surface area contributed by atoms with Gasteiger partial charge in [-0.25, -0.2) is 9.59 Å². The summed E-state index contributed by atoms with van der Waals surface area (Å²) < 4.78 is 5.12. The number of aliphatic hydroxyl groups excluding tert-OH is 2. The number of rotatable bonds is 5. The molecule has 1 aliphatic heterocycles. The van der Waals surface area contributed by atoms with Crippen molar-refractivity contribution in [3.8, 4) is 0 Å². The van der Waals surface area contributed by atoms with E-state index in [0.29, 0.717) is 13.2 Å². The third-order valence-corrected chi connectivity index (χ3v) is 2.71. The number of hydrogen-bond donors (Lipinski definition) is 4. The van der Waals surface area contributed by atoms with Crippen molar-refractivity contribution in [1.82, 2.24) is 10.2 Å². The van der Waals surface area contributed by atoms with Crippen molar-refractivity contribution < 1.29 is 29.6 Å². The molecule has 1 saturated heterocycles. The van der Waals surface area contributed by atoms with Gasteiger partial charge in [0.15, 0.2) is 0 Å². The zero-order valence-electron chi connectivity index (χ0n) is 9.91. The molecule has 0 aromatic heterocycles. The van der Waals surface area contributed by atoms with E-state index >= 15 is 0 Å². The number of carbonyl (C=O) groups excluding carboxylic acids is 1. The molecule has 1 rings (SSSR count). The second-order valence-corrected chi connectivity index (χ2v) is 3.96. The van der Waals surface area contributed by atoms with Gasteiger partial charge in [0.25, 0.3) is 0 Å². The van der Waals surface area contributed by atoms with E-state index in [1.807, 2.05) is 0 Å². The van der Waals surface area contributed by atoms with E-state index in [1.165, 1.54) is 4.90 Å². The summed E-state index contributed by atoms with van der Waals surface area (Å²) in [4.78, 5) is 24.0. The Bertz CT molecular complexity index is 298. The predicted octanol–water partition coefficient (Wildman–Crippen LogP) is -1.78. The molecule has 1 fully saturated rings. The van der Waals surface area contributed by atoms with Gasteiger partial charge in [-0.2, -0.15) is 0 Å². The number of hydrogen-bond acceptors (Lipinski definition) is 5. The summed E-state index contributed by atoms with van der Waals surface area (Å²) in [7, 11) is 0. The largest absolute Gasteiger partial charge is 0.480 e. The van der Waals surface area contributed by atoms with E-state index in [4.69, 9.17) is 20.1 Å². The highest BCUT2D eigenvalue weighted by molar-refractivity contribution is 5.82. The van der Waals surface area contributed by atoms with Crippen LogP contribution < -0.4 is 5.32 Å². The fourth-order valence-electron chi connectivity index (χ4n) is 1.69. The maximum atomic E-state index is 11.9. The third kappa shape index (κ3) is 3.83. The van der Waals surface area contributed by atoms with Crippen LogP contribution in [0, 0.1) is 0 Å². The predicted molar refractivity (Wildman–Crippen MR) is 60.1 cm³/mol. The Hall–Kier alpha value is -1.38. The number of morpholine rings is 1. The summed E-state index contributed by atoms with van der Waals surface area (Å²) in [6, 6.07) is -2.18. The van der Waals surface area contributed by atoms with Gasteiger partial charge in [0.2, 0.25) is 0 Å². The molecule has 1 unspecified atom stereocenters. The maximum Gasteiger partial charge on any atom is 0.326 e. The molecule has 1 heterocycles. The van der Waals surface area contributed by atoms with Crippen molar-refractivity contribution in [3.63, 3.8) is 0 Å². The highest BCUT2D eigenvalue weighted by Crippen LogP contribution is 2.07. The van der Waals surface area contributed by atoms with E-state index in [-0.39, 0.29) is 26.2 Å². The Morgan fingerprint density at radius 3 is 2.72 bits per heavy atom. The molecule has 8 heteroatoms. The van der Waals surface area contributed by atoms with Crippen molar-refractivity contribution in [2.45, 2.75) is 18.5 Å². The Morgan fingerprint density at radius 1 is 1.44 bits per heavy atom. The van der Waals surface area contributed by atoms with Gasteiger partial charge in [-0.3, -0.25) is 0 Å². The van der Waals surface area contributed by atoms with Gasteiger partial charge in [0, 0.05) is 19.6 Å². The van der Waals surface area contributed by atoms with E-state index in [1.54, 1.807) is 0 Å². The SMILES string of the molecule is O=C(O)[C@@H](CCO)NC(=O)N1CCOCC1CO. The quantitative estimate of drug-likeness (QED) is 0.465. The van der Waals surface area contributed by atoms with E-state index in [9.17, 15) is 9.59 Å². The maximum absolute atomic E-state index is 11.9. The van der Waals surface area contributed by atoms with Crippen LogP contribution in [0.2, 0.25) is 0 Å². The van der Waals surface area contributed by atoms with Crippen LogP contribution in [-0.2, 0) is 9.53 Å². The molecule has 0 spiro atoms. The molecule has 18 heavy (non-hydrogen) atoms. The van der Waals surface area contributed by atoms with Crippen molar-refractivity contribution in [1.29, 1.82) is 0 Å². The van der Waals surface area contributed by atoms with Crippen LogP contribution in [0.15, 0.2) is 0 Å². The second-order valence-electron chi connectivity index (χ2n) is 3.96. The lowest BCUT2D eigenvalue weighted by molar-refractivity contribution is -0.139. The number of carbonyl (C=O) groups is 2. The lowest BCUT2D eigenvalue weighted by Gasteiger charge is -2.35. The van der Waals surface area contributed by atoms with Gasteiger partial charge in [-0.15, -0.1) is 0 Å². The van der Waals surface area contributed by atoms with Crippen LogP contribution in [0.1, 0.15) is 6.42 Å². The van der Waals surface area contributed by atoms with Gasteiger partial charge >= 0.3 is 12.0 Å². The first kappa shape index (κ1) is 14.7. The van der Waals surface area contributed by atoms with Crippen molar-refractivity contribution >= 4 is 12.0 Å². The highest BCUT2D eigenvalue weighted by atomic mass is 16.5. The first-order chi connectivity index (χ1) is 8.60. The molecule has 104 valence electrons. The first-order valence-electron chi connectivity index (χ1n) is 5.69. The monoisotopic (exact) mass is 262 g/mol. The number of nitrogens with zero attached hydrogens (tertiary/aromatic N) is 1. The van der Waals surface area contributed by atoms with Crippen molar-refractivity contribution in [3.05, 3.63) is 0 Å². The minimum atomic E-state index is -1.20. The number of carboxylic acid groups (broad SMARTS) is 1. The number of amides is 2. The molecule has 0 aliphatic carbocycles. The summed E-state index contributed by atoms with van der Waals surface area (Å²) in [5.41, 5.74) is 0. The fourth-order valence-corrected chi connectivity index (χ4v) is 1.69. The van der Waals surface area contributed by atoms with Gasteiger partial charge in [-0.05, 0) is 0 Å². The molecular formula is C10H18N2O6. The molecule has 0 aromatic carbocycles. The molecule has 4 N–H and O–H groups in total. The fraction of sp³-hybridized carbons (Fsp3) is 0.800. The van der Waals surface area contributed by atoms with Gasteiger partial charge in [0.05, 0.1) is 25.9 Å². The van der Waals surface area contributed by atoms with E-state index < -0.39 is 24.1 Å². The van der Waals surface area contributed by atoms with E-state index in [2.05, 4.69) is 5.32 Å². The minimum Gasteiger partial charge on any atom is -0.480 e. The summed E-state index contributed by atoms with van der Waals surface area (Å²) >= 11 is 0. The molecule has 2 atom stereocenters. The van der Waals surface area contributed by atoms with Gasteiger partial charge < -0.3 is 30.3 Å². The summed E-state index contributed by atoms with van der Waals surface area (Å²) in [5.74, 6) is -1.20. The molecule has 0 saturated carbocycles. The minimum absolute atomic E-state index is 0.0603. The van der Waals surface area contributed by atoms with Gasteiger partial charge in [-0.1, -0.05) is 0 Å². The molecule has 0 aromatic rings. The summed E-state index contributed by atoms with van der Waals surface area (Å²) in [5, 5.41) is 29.0. The zero-order chi connectivity index (χ0) is 13.5. The summed E-state index contributed by atoms with van der Waals surface area (Å²) in [6.45, 7) is 0.292. The number of urea groups is 1.